The highest BCUT2D eigenvalue weighted by atomic mass is 32.1. The first kappa shape index (κ1) is 19.9. The molecule has 29 heavy (non-hydrogen) atoms. The van der Waals surface area contributed by atoms with Crippen LogP contribution in [0.4, 0.5) is 5.69 Å². The maximum absolute atomic E-state index is 10.9. The third-order valence-electron chi connectivity index (χ3n) is 5.71. The van der Waals surface area contributed by atoms with Gasteiger partial charge in [0.25, 0.3) is 0 Å². The number of carboxylic acids is 1. The molecule has 2 aromatic carbocycles. The Balaban J connectivity index is 1.48. The molecule has 1 fully saturated rings. The maximum Gasteiger partial charge on any atom is 0.505 e. The maximum atomic E-state index is 10.9. The quantitative estimate of drug-likeness (QED) is 0.607. The van der Waals surface area contributed by atoms with E-state index in [1.165, 1.54) is 10.1 Å². The molecule has 1 aliphatic rings. The lowest BCUT2D eigenvalue weighted by atomic mass is 9.87. The van der Waals surface area contributed by atoms with E-state index in [9.17, 15) is 4.79 Å². The molecule has 2 N–H and O–H groups in total. The average Bonchev–Trinajstić information content (AvgIpc) is 3.17. The molecule has 0 atom stereocenters. The molecule has 0 amide bonds. The first-order valence-electron chi connectivity index (χ1n) is 9.60. The number of fused-ring (bicyclic) bond motifs is 1. The molecule has 1 aromatic heterocycles. The Morgan fingerprint density at radius 1 is 1.03 bits per heavy atom. The van der Waals surface area contributed by atoms with Crippen molar-refractivity contribution in [3.63, 3.8) is 0 Å². The lowest BCUT2D eigenvalue weighted by Gasteiger charge is -2.32. The Bertz CT molecular complexity index is 1040. The number of hydrogen-bond acceptors (Lipinski definition) is 5. The van der Waals surface area contributed by atoms with Crippen LogP contribution in [0.3, 0.4) is 0 Å². The third kappa shape index (κ3) is 3.90. The summed E-state index contributed by atoms with van der Waals surface area (Å²) in [7, 11) is -0.341. The van der Waals surface area contributed by atoms with Crippen molar-refractivity contribution in [2.24, 2.45) is 0 Å². The first-order valence-corrected chi connectivity index (χ1v) is 10.4. The molecule has 4 rings (SSSR count). The molecule has 1 saturated heterocycles. The predicted octanol–water partition coefficient (Wildman–Crippen LogP) is 4.51. The zero-order valence-corrected chi connectivity index (χ0v) is 17.8. The second-order valence-electron chi connectivity index (χ2n) is 8.35. The van der Waals surface area contributed by atoms with Crippen LogP contribution in [-0.4, -0.2) is 29.4 Å². The summed E-state index contributed by atoms with van der Waals surface area (Å²) in [6, 6.07) is 15.3. The van der Waals surface area contributed by atoms with Crippen molar-refractivity contribution < 1.29 is 19.2 Å². The van der Waals surface area contributed by atoms with Crippen molar-refractivity contribution in [1.29, 1.82) is 0 Å². The van der Waals surface area contributed by atoms with Crippen LogP contribution in [-0.2, 0) is 15.9 Å². The van der Waals surface area contributed by atoms with Gasteiger partial charge in [-0.15, -0.1) is 11.3 Å². The lowest BCUT2D eigenvalue weighted by Crippen LogP contribution is -2.41. The van der Waals surface area contributed by atoms with Crippen molar-refractivity contribution in [1.82, 2.24) is 0 Å². The SMILES string of the molecule is CC1(C)OB(c2cc3cc(CNc4ccc(C(=O)O)cc4)ccc3s2)OC1(C)C. The number of nitrogens with one attached hydrogen (secondary N) is 1. The molecule has 2 heterocycles. The molecule has 0 radical (unpaired) electrons. The van der Waals surface area contributed by atoms with Crippen LogP contribution in [0.5, 0.6) is 0 Å². The molecule has 0 saturated carbocycles. The topological polar surface area (TPSA) is 67.8 Å². The Morgan fingerprint density at radius 2 is 1.69 bits per heavy atom. The van der Waals surface area contributed by atoms with Gasteiger partial charge in [-0.1, -0.05) is 6.07 Å². The van der Waals surface area contributed by atoms with Crippen LogP contribution in [0.25, 0.3) is 10.1 Å². The minimum atomic E-state index is -0.919. The van der Waals surface area contributed by atoms with Crippen LogP contribution < -0.4 is 10.1 Å². The number of carboxylic acid groups (broad SMARTS) is 1. The Hall–Kier alpha value is -2.35. The summed E-state index contributed by atoms with van der Waals surface area (Å²) in [6.07, 6.45) is 0. The van der Waals surface area contributed by atoms with Gasteiger partial charge in [0.2, 0.25) is 0 Å². The minimum Gasteiger partial charge on any atom is -0.478 e. The Labute approximate surface area is 174 Å². The van der Waals surface area contributed by atoms with Gasteiger partial charge in [-0.05, 0) is 81.1 Å². The van der Waals surface area contributed by atoms with Crippen molar-refractivity contribution in [2.75, 3.05) is 5.32 Å². The highest BCUT2D eigenvalue weighted by Crippen LogP contribution is 2.37. The van der Waals surface area contributed by atoms with Crippen LogP contribution in [0.1, 0.15) is 43.6 Å². The Kier molecular flexibility index (Phi) is 4.93. The summed E-state index contributed by atoms with van der Waals surface area (Å²) in [5.74, 6) is -0.919. The number of rotatable bonds is 5. The molecule has 0 aliphatic carbocycles. The molecule has 7 heteroatoms. The fourth-order valence-corrected chi connectivity index (χ4v) is 4.24. The number of hydrogen-bond donors (Lipinski definition) is 2. The fourth-order valence-electron chi connectivity index (χ4n) is 3.23. The van der Waals surface area contributed by atoms with E-state index in [4.69, 9.17) is 14.4 Å². The summed E-state index contributed by atoms with van der Waals surface area (Å²) in [6.45, 7) is 8.91. The molecule has 3 aromatic rings. The largest absolute Gasteiger partial charge is 0.505 e. The van der Waals surface area contributed by atoms with E-state index in [2.05, 4.69) is 57.3 Å². The second-order valence-corrected chi connectivity index (χ2v) is 9.46. The molecule has 0 spiro atoms. The number of thiophene rings is 1. The first-order chi connectivity index (χ1) is 13.6. The van der Waals surface area contributed by atoms with Crippen molar-refractivity contribution in [3.8, 4) is 0 Å². The Morgan fingerprint density at radius 3 is 2.31 bits per heavy atom. The smallest absolute Gasteiger partial charge is 0.478 e. The predicted molar refractivity (Wildman–Crippen MR) is 118 cm³/mol. The van der Waals surface area contributed by atoms with Crippen molar-refractivity contribution in [3.05, 3.63) is 59.7 Å². The minimum absolute atomic E-state index is 0.283. The van der Waals surface area contributed by atoms with Crippen molar-refractivity contribution in [2.45, 2.75) is 45.4 Å². The highest BCUT2D eigenvalue weighted by Gasteiger charge is 2.52. The van der Waals surface area contributed by atoms with Gasteiger partial charge in [-0.2, -0.15) is 0 Å². The van der Waals surface area contributed by atoms with Gasteiger partial charge in [0.15, 0.2) is 0 Å². The normalized spacial score (nSPS) is 17.6. The van der Waals surface area contributed by atoms with Crippen LogP contribution in [0.15, 0.2) is 48.5 Å². The molecular weight excluding hydrogens is 385 g/mol. The number of anilines is 1. The third-order valence-corrected chi connectivity index (χ3v) is 6.85. The van der Waals surface area contributed by atoms with Gasteiger partial charge < -0.3 is 19.7 Å². The number of benzene rings is 2. The second kappa shape index (κ2) is 7.16. The molecule has 0 unspecified atom stereocenters. The van der Waals surface area contributed by atoms with E-state index >= 15 is 0 Å². The molecule has 5 nitrogen and oxygen atoms in total. The van der Waals surface area contributed by atoms with E-state index in [-0.39, 0.29) is 23.9 Å². The summed E-state index contributed by atoms with van der Waals surface area (Å²) in [4.78, 5) is 10.9. The van der Waals surface area contributed by atoms with Crippen molar-refractivity contribution >= 4 is 45.0 Å². The summed E-state index contributed by atoms with van der Waals surface area (Å²) in [5.41, 5.74) is 1.62. The standard InChI is InChI=1S/C22H24BNO4S/c1-21(2)22(3,4)28-23(27-21)19-12-16-11-14(5-10-18(16)29-19)13-24-17-8-6-15(7-9-17)20(25)26/h5-12,24H,13H2,1-4H3,(H,25,26). The van der Waals surface area contributed by atoms with Gasteiger partial charge in [0, 0.05) is 21.7 Å². The molecule has 0 bridgehead atoms. The van der Waals surface area contributed by atoms with Crippen LogP contribution in [0, 0.1) is 0 Å². The van der Waals surface area contributed by atoms with Gasteiger partial charge in [0.05, 0.1) is 16.8 Å². The fraction of sp³-hybridized carbons (Fsp3) is 0.318. The molecule has 150 valence electrons. The van der Waals surface area contributed by atoms with E-state index in [0.717, 1.165) is 16.0 Å². The molecule has 1 aliphatic heterocycles. The monoisotopic (exact) mass is 409 g/mol. The summed E-state index contributed by atoms with van der Waals surface area (Å²) < 4.78 is 14.6. The highest BCUT2D eigenvalue weighted by molar-refractivity contribution is 7.28. The van der Waals surface area contributed by atoms with Gasteiger partial charge in [0.1, 0.15) is 0 Å². The van der Waals surface area contributed by atoms with Gasteiger partial charge in [-0.3, -0.25) is 0 Å². The summed E-state index contributed by atoms with van der Waals surface area (Å²) in [5, 5.41) is 13.5. The molecular formula is C22H24BNO4S. The zero-order chi connectivity index (χ0) is 20.8. The van der Waals surface area contributed by atoms with Crippen LogP contribution >= 0.6 is 11.3 Å². The van der Waals surface area contributed by atoms with E-state index < -0.39 is 5.97 Å². The summed E-state index contributed by atoms with van der Waals surface area (Å²) >= 11 is 1.70. The van der Waals surface area contributed by atoms with E-state index in [1.807, 2.05) is 0 Å². The average molecular weight is 409 g/mol. The number of carbonyl (C=O) groups is 1. The van der Waals surface area contributed by atoms with E-state index in [1.54, 1.807) is 35.6 Å². The lowest BCUT2D eigenvalue weighted by molar-refractivity contribution is 0.00578. The van der Waals surface area contributed by atoms with Crippen LogP contribution in [0.2, 0.25) is 0 Å². The van der Waals surface area contributed by atoms with E-state index in [0.29, 0.717) is 6.54 Å². The van der Waals surface area contributed by atoms with Gasteiger partial charge >= 0.3 is 13.1 Å². The van der Waals surface area contributed by atoms with Gasteiger partial charge in [-0.25, -0.2) is 4.79 Å². The number of aromatic carboxylic acids is 1. The zero-order valence-electron chi connectivity index (χ0n) is 17.0.